The van der Waals surface area contributed by atoms with Crippen molar-refractivity contribution in [3.8, 4) is 11.5 Å². The lowest BCUT2D eigenvalue weighted by atomic mass is 10.1. The lowest BCUT2D eigenvalue weighted by Crippen LogP contribution is -2.40. The van der Waals surface area contributed by atoms with Gasteiger partial charge in [0.2, 0.25) is 0 Å². The van der Waals surface area contributed by atoms with Crippen LogP contribution in [0.1, 0.15) is 21.8 Å². The van der Waals surface area contributed by atoms with Gasteiger partial charge in [0.15, 0.2) is 17.3 Å². The molecule has 0 spiro atoms. The van der Waals surface area contributed by atoms with E-state index in [0.29, 0.717) is 36.0 Å². The fourth-order valence-electron chi connectivity index (χ4n) is 3.41. The molecule has 0 saturated carbocycles. The minimum absolute atomic E-state index is 0.260. The van der Waals surface area contributed by atoms with Gasteiger partial charge in [-0.1, -0.05) is 42.1 Å². The van der Waals surface area contributed by atoms with E-state index < -0.39 is 0 Å². The highest BCUT2D eigenvalue weighted by Gasteiger charge is 2.24. The lowest BCUT2D eigenvalue weighted by Gasteiger charge is -2.26. The molecular formula is C23H20N2O4S2. The highest BCUT2D eigenvalue weighted by molar-refractivity contribution is 8.00. The molecule has 1 unspecified atom stereocenters. The first kappa shape index (κ1) is 20.0. The van der Waals surface area contributed by atoms with Crippen molar-refractivity contribution in [2.75, 3.05) is 13.2 Å². The van der Waals surface area contributed by atoms with E-state index in [2.05, 4.69) is 10.3 Å². The topological polar surface area (TPSA) is 73.6 Å². The molecule has 4 aromatic rings. The molecule has 31 heavy (non-hydrogen) atoms. The minimum Gasteiger partial charge on any atom is -0.486 e. The van der Waals surface area contributed by atoms with E-state index >= 15 is 0 Å². The van der Waals surface area contributed by atoms with Gasteiger partial charge in [-0.15, -0.1) is 11.3 Å². The minimum atomic E-state index is -0.264. The Morgan fingerprint density at radius 1 is 1.19 bits per heavy atom. The summed E-state index contributed by atoms with van der Waals surface area (Å²) in [7, 11) is 0. The van der Waals surface area contributed by atoms with Crippen molar-refractivity contribution in [3.05, 3.63) is 70.9 Å². The van der Waals surface area contributed by atoms with Crippen molar-refractivity contribution in [2.45, 2.75) is 23.1 Å². The number of nitrogens with one attached hydrogen (secondary N) is 1. The second-order valence-electron chi connectivity index (χ2n) is 7.16. The Labute approximate surface area is 187 Å². The van der Waals surface area contributed by atoms with Crippen LogP contribution in [0.5, 0.6) is 11.5 Å². The first-order valence-electron chi connectivity index (χ1n) is 9.89. The third kappa shape index (κ3) is 4.26. The summed E-state index contributed by atoms with van der Waals surface area (Å²) in [6.45, 7) is 2.67. The normalized spacial score (nSPS) is 15.2. The Morgan fingerprint density at radius 2 is 2.00 bits per heavy atom. The number of hydrogen-bond donors (Lipinski definition) is 1. The van der Waals surface area contributed by atoms with Crippen molar-refractivity contribution in [3.63, 3.8) is 0 Å². The largest absolute Gasteiger partial charge is 0.486 e. The van der Waals surface area contributed by atoms with E-state index in [4.69, 9.17) is 13.9 Å². The van der Waals surface area contributed by atoms with Crippen LogP contribution in [0.4, 0.5) is 0 Å². The predicted octanol–water partition coefficient (Wildman–Crippen LogP) is 5.06. The number of ether oxygens (including phenoxy) is 2. The Morgan fingerprint density at radius 3 is 2.84 bits per heavy atom. The number of nitrogens with zero attached hydrogens (tertiary/aromatic N) is 1. The highest BCUT2D eigenvalue weighted by Crippen LogP contribution is 2.34. The second kappa shape index (κ2) is 8.64. The number of aromatic nitrogens is 1. The van der Waals surface area contributed by atoms with E-state index in [1.165, 1.54) is 0 Å². The molecule has 0 aliphatic carbocycles. The van der Waals surface area contributed by atoms with Gasteiger partial charge in [-0.25, -0.2) is 4.98 Å². The van der Waals surface area contributed by atoms with Crippen LogP contribution in [0.3, 0.4) is 0 Å². The number of thiazole rings is 1. The van der Waals surface area contributed by atoms with E-state index in [1.54, 1.807) is 23.1 Å². The summed E-state index contributed by atoms with van der Waals surface area (Å²) in [4.78, 5) is 17.5. The average Bonchev–Trinajstić information content (AvgIpc) is 3.39. The summed E-state index contributed by atoms with van der Waals surface area (Å²) in [5, 5.41) is 5.91. The molecule has 1 amide bonds. The smallest absolute Gasteiger partial charge is 0.287 e. The monoisotopic (exact) mass is 452 g/mol. The zero-order valence-corrected chi connectivity index (χ0v) is 18.4. The predicted molar refractivity (Wildman–Crippen MR) is 121 cm³/mol. The molecule has 1 atom stereocenters. The zero-order chi connectivity index (χ0) is 21.2. The summed E-state index contributed by atoms with van der Waals surface area (Å²) in [5.41, 5.74) is 2.57. The van der Waals surface area contributed by atoms with E-state index in [1.807, 2.05) is 60.8 Å². The van der Waals surface area contributed by atoms with Gasteiger partial charge in [0.05, 0.1) is 6.54 Å². The van der Waals surface area contributed by atoms with Crippen molar-refractivity contribution >= 4 is 40.0 Å². The Balaban J connectivity index is 1.31. The number of furan rings is 1. The van der Waals surface area contributed by atoms with Crippen LogP contribution in [0.2, 0.25) is 0 Å². The summed E-state index contributed by atoms with van der Waals surface area (Å²) < 4.78 is 18.6. The number of carbonyl (C=O) groups is 1. The first-order chi connectivity index (χ1) is 15.2. The van der Waals surface area contributed by atoms with E-state index in [0.717, 1.165) is 26.7 Å². The number of aryl methyl sites for hydroxylation is 1. The number of hydrogen-bond acceptors (Lipinski definition) is 7. The maximum atomic E-state index is 13.0. The number of fused-ring (bicyclic) bond motifs is 2. The zero-order valence-electron chi connectivity index (χ0n) is 16.8. The van der Waals surface area contributed by atoms with Crippen LogP contribution in [-0.4, -0.2) is 30.1 Å². The highest BCUT2D eigenvalue weighted by atomic mass is 32.2. The molecule has 0 bridgehead atoms. The molecule has 1 aliphatic rings. The van der Waals surface area contributed by atoms with Crippen LogP contribution in [0, 0.1) is 6.92 Å². The standard InChI is InChI=1S/C23H20N2O4S2/c1-14-12-30-23(25-14)31-13-17-16-6-2-3-7-18(16)29-21(17)22(26)24-10-15-11-27-19-8-4-5-9-20(19)28-15/h2-9,12,15H,10-11,13H2,1H3,(H,24,26). The Kier molecular flexibility index (Phi) is 5.57. The first-order valence-corrected chi connectivity index (χ1v) is 11.8. The summed E-state index contributed by atoms with van der Waals surface area (Å²) in [6.07, 6.45) is -0.264. The number of thioether (sulfide) groups is 1. The lowest BCUT2D eigenvalue weighted by molar-refractivity contribution is 0.0774. The quantitative estimate of drug-likeness (QED) is 0.412. The van der Waals surface area contributed by atoms with Crippen LogP contribution in [0.15, 0.2) is 62.7 Å². The second-order valence-corrected chi connectivity index (χ2v) is 9.24. The van der Waals surface area contributed by atoms with Gasteiger partial charge in [0.25, 0.3) is 5.91 Å². The van der Waals surface area contributed by atoms with Crippen LogP contribution >= 0.6 is 23.1 Å². The van der Waals surface area contributed by atoms with Gasteiger partial charge in [-0.05, 0) is 25.1 Å². The third-order valence-electron chi connectivity index (χ3n) is 4.90. The fraction of sp³-hybridized carbons (Fsp3) is 0.217. The van der Waals surface area contributed by atoms with Crippen LogP contribution < -0.4 is 14.8 Å². The molecule has 2 aromatic heterocycles. The van der Waals surface area contributed by atoms with Gasteiger partial charge in [0, 0.05) is 27.8 Å². The van der Waals surface area contributed by atoms with E-state index in [9.17, 15) is 4.79 Å². The molecule has 0 fully saturated rings. The molecule has 158 valence electrons. The van der Waals surface area contributed by atoms with Crippen molar-refractivity contribution in [1.82, 2.24) is 10.3 Å². The number of amides is 1. The average molecular weight is 453 g/mol. The Bertz CT molecular complexity index is 1230. The Hall–Kier alpha value is -2.97. The van der Waals surface area contributed by atoms with Crippen LogP contribution in [0.25, 0.3) is 11.0 Å². The van der Waals surface area contributed by atoms with Crippen LogP contribution in [-0.2, 0) is 5.75 Å². The van der Waals surface area contributed by atoms with E-state index in [-0.39, 0.29) is 12.0 Å². The number of carbonyl (C=O) groups excluding carboxylic acids is 1. The van der Waals surface area contributed by atoms with Gasteiger partial charge in [0.1, 0.15) is 22.6 Å². The SMILES string of the molecule is Cc1csc(SCc2c(C(=O)NCC3COc4ccccc4O3)oc3ccccc23)n1. The molecule has 0 saturated heterocycles. The third-order valence-corrected chi connectivity index (χ3v) is 7.07. The van der Waals surface area contributed by atoms with Gasteiger partial charge in [-0.2, -0.15) is 0 Å². The number of rotatable bonds is 6. The molecule has 6 nitrogen and oxygen atoms in total. The van der Waals surface area contributed by atoms with Gasteiger partial charge in [-0.3, -0.25) is 4.79 Å². The molecule has 0 radical (unpaired) electrons. The summed E-state index contributed by atoms with van der Waals surface area (Å²) >= 11 is 3.21. The summed E-state index contributed by atoms with van der Waals surface area (Å²) in [5.74, 6) is 2.08. The van der Waals surface area contributed by atoms with Gasteiger partial charge < -0.3 is 19.2 Å². The molecule has 8 heteroatoms. The number of benzene rings is 2. The fourth-order valence-corrected chi connectivity index (χ4v) is 5.29. The molecule has 1 N–H and O–H groups in total. The van der Waals surface area contributed by atoms with Crippen molar-refractivity contribution in [1.29, 1.82) is 0 Å². The molecule has 3 heterocycles. The number of para-hydroxylation sites is 3. The van der Waals surface area contributed by atoms with Crippen molar-refractivity contribution in [2.24, 2.45) is 0 Å². The van der Waals surface area contributed by atoms with Gasteiger partial charge >= 0.3 is 0 Å². The maximum absolute atomic E-state index is 13.0. The molecular weight excluding hydrogens is 432 g/mol. The molecule has 2 aromatic carbocycles. The summed E-state index contributed by atoms with van der Waals surface area (Å²) in [6, 6.07) is 15.2. The molecule has 1 aliphatic heterocycles. The van der Waals surface area contributed by atoms with Crippen molar-refractivity contribution < 1.29 is 18.7 Å². The maximum Gasteiger partial charge on any atom is 0.287 e. The molecule has 5 rings (SSSR count).